The van der Waals surface area contributed by atoms with Crippen LogP contribution in [0.2, 0.25) is 0 Å². The van der Waals surface area contributed by atoms with Crippen LogP contribution < -0.4 is 0 Å². The van der Waals surface area contributed by atoms with Crippen LogP contribution in [0.15, 0.2) is 22.7 Å². The lowest BCUT2D eigenvalue weighted by Gasteiger charge is -2.02. The van der Waals surface area contributed by atoms with Gasteiger partial charge in [0.15, 0.2) is 5.78 Å². The van der Waals surface area contributed by atoms with Crippen molar-refractivity contribution in [2.45, 2.75) is 6.92 Å². The summed E-state index contributed by atoms with van der Waals surface area (Å²) in [5.41, 5.74) is 0.167. The number of rotatable bonds is 4. The second-order valence-electron chi connectivity index (χ2n) is 2.66. The van der Waals surface area contributed by atoms with Crippen molar-refractivity contribution in [3.8, 4) is 0 Å². The maximum absolute atomic E-state index is 13.4. The molecule has 0 saturated heterocycles. The molecular formula is C10H10BrFOS. The lowest BCUT2D eigenvalue weighted by Crippen LogP contribution is -2.05. The highest BCUT2D eigenvalue weighted by Crippen LogP contribution is 2.19. The SMILES string of the molecule is CCSCC(=O)c1cccc(Br)c1F. The summed E-state index contributed by atoms with van der Waals surface area (Å²) < 4.78 is 13.7. The Balaban J connectivity index is 2.84. The largest absolute Gasteiger partial charge is 0.293 e. The van der Waals surface area contributed by atoms with Gasteiger partial charge in [0.1, 0.15) is 5.82 Å². The van der Waals surface area contributed by atoms with E-state index >= 15 is 0 Å². The number of carbonyl (C=O) groups is 1. The van der Waals surface area contributed by atoms with E-state index in [2.05, 4.69) is 15.9 Å². The van der Waals surface area contributed by atoms with E-state index in [4.69, 9.17) is 0 Å². The first-order chi connectivity index (χ1) is 6.66. The number of Topliss-reactive ketones (excluding diaryl/α,β-unsaturated/α-hetero) is 1. The van der Waals surface area contributed by atoms with Crippen LogP contribution in [0.5, 0.6) is 0 Å². The minimum absolute atomic E-state index is 0.157. The Morgan fingerprint density at radius 1 is 1.57 bits per heavy atom. The number of hydrogen-bond donors (Lipinski definition) is 0. The molecule has 0 bridgehead atoms. The molecule has 0 amide bonds. The Labute approximate surface area is 95.2 Å². The average molecular weight is 277 g/mol. The molecule has 0 heterocycles. The van der Waals surface area contributed by atoms with Crippen molar-refractivity contribution in [3.05, 3.63) is 34.1 Å². The van der Waals surface area contributed by atoms with Crippen LogP contribution >= 0.6 is 27.7 Å². The van der Waals surface area contributed by atoms with Crippen LogP contribution in [0, 0.1) is 5.82 Å². The second kappa shape index (κ2) is 5.51. The number of halogens is 2. The van der Waals surface area contributed by atoms with Crippen LogP contribution in [0.4, 0.5) is 4.39 Å². The summed E-state index contributed by atoms with van der Waals surface area (Å²) in [6.45, 7) is 1.97. The zero-order valence-electron chi connectivity index (χ0n) is 7.72. The number of ketones is 1. The second-order valence-corrected chi connectivity index (χ2v) is 4.79. The Hall–Kier alpha value is -0.350. The zero-order valence-corrected chi connectivity index (χ0v) is 10.1. The molecule has 0 unspecified atom stereocenters. The van der Waals surface area contributed by atoms with Crippen LogP contribution in [0.1, 0.15) is 17.3 Å². The van der Waals surface area contributed by atoms with Crippen LogP contribution in [0.3, 0.4) is 0 Å². The van der Waals surface area contributed by atoms with Gasteiger partial charge in [0.25, 0.3) is 0 Å². The molecule has 0 aliphatic carbocycles. The van der Waals surface area contributed by atoms with Crippen molar-refractivity contribution in [3.63, 3.8) is 0 Å². The summed E-state index contributed by atoms with van der Waals surface area (Å²) in [4.78, 5) is 11.5. The van der Waals surface area contributed by atoms with Gasteiger partial charge in [-0.25, -0.2) is 4.39 Å². The molecule has 1 aromatic rings. The number of benzene rings is 1. The summed E-state index contributed by atoms with van der Waals surface area (Å²) in [5, 5.41) is 0. The predicted molar refractivity (Wildman–Crippen MR) is 61.4 cm³/mol. The molecule has 76 valence electrons. The van der Waals surface area contributed by atoms with Gasteiger partial charge in [0.05, 0.1) is 15.8 Å². The predicted octanol–water partition coefficient (Wildman–Crippen LogP) is 3.52. The first-order valence-corrected chi connectivity index (χ1v) is 6.16. The molecule has 0 aliphatic rings. The number of carbonyl (C=O) groups excluding carboxylic acids is 1. The topological polar surface area (TPSA) is 17.1 Å². The molecule has 1 aromatic carbocycles. The van der Waals surface area contributed by atoms with Crippen molar-refractivity contribution in [2.24, 2.45) is 0 Å². The smallest absolute Gasteiger partial charge is 0.175 e. The normalized spacial score (nSPS) is 10.2. The first-order valence-electron chi connectivity index (χ1n) is 4.21. The van der Waals surface area contributed by atoms with E-state index in [9.17, 15) is 9.18 Å². The van der Waals surface area contributed by atoms with Gasteiger partial charge < -0.3 is 0 Å². The minimum atomic E-state index is -0.464. The van der Waals surface area contributed by atoms with Crippen LogP contribution in [-0.2, 0) is 0 Å². The van der Waals surface area contributed by atoms with Gasteiger partial charge in [-0.1, -0.05) is 13.0 Å². The van der Waals surface area contributed by atoms with E-state index in [0.29, 0.717) is 10.2 Å². The van der Waals surface area contributed by atoms with Crippen molar-refractivity contribution in [1.29, 1.82) is 0 Å². The maximum atomic E-state index is 13.4. The highest BCUT2D eigenvalue weighted by Gasteiger charge is 2.12. The van der Waals surface area contributed by atoms with Gasteiger partial charge in [-0.3, -0.25) is 4.79 Å². The molecule has 14 heavy (non-hydrogen) atoms. The fraction of sp³-hybridized carbons (Fsp3) is 0.300. The van der Waals surface area contributed by atoms with Crippen molar-refractivity contribution >= 4 is 33.5 Å². The summed E-state index contributed by atoms with van der Waals surface area (Å²) in [6.07, 6.45) is 0. The van der Waals surface area contributed by atoms with Crippen molar-refractivity contribution in [1.82, 2.24) is 0 Å². The minimum Gasteiger partial charge on any atom is -0.293 e. The highest BCUT2D eigenvalue weighted by molar-refractivity contribution is 9.10. The lowest BCUT2D eigenvalue weighted by molar-refractivity contribution is 0.101. The molecule has 0 radical (unpaired) electrons. The highest BCUT2D eigenvalue weighted by atomic mass is 79.9. The monoisotopic (exact) mass is 276 g/mol. The third kappa shape index (κ3) is 2.82. The summed E-state index contributed by atoms with van der Waals surface area (Å²) in [7, 11) is 0. The van der Waals surface area contributed by atoms with E-state index in [1.54, 1.807) is 12.1 Å². The van der Waals surface area contributed by atoms with Gasteiger partial charge in [0, 0.05) is 0 Å². The van der Waals surface area contributed by atoms with Crippen molar-refractivity contribution < 1.29 is 9.18 Å². The molecule has 0 N–H and O–H groups in total. The number of thioether (sulfide) groups is 1. The van der Waals surface area contributed by atoms with Gasteiger partial charge in [-0.2, -0.15) is 11.8 Å². The third-order valence-electron chi connectivity index (χ3n) is 1.69. The van der Waals surface area contributed by atoms with E-state index in [0.717, 1.165) is 5.75 Å². The first kappa shape index (κ1) is 11.7. The summed E-state index contributed by atoms with van der Waals surface area (Å²) in [5.74, 6) is 0.579. The summed E-state index contributed by atoms with van der Waals surface area (Å²) in [6, 6.07) is 4.76. The Kier molecular flexibility index (Phi) is 4.62. The van der Waals surface area contributed by atoms with Crippen LogP contribution in [-0.4, -0.2) is 17.3 Å². The van der Waals surface area contributed by atoms with Gasteiger partial charge >= 0.3 is 0 Å². The zero-order chi connectivity index (χ0) is 10.6. The molecule has 0 atom stereocenters. The maximum Gasteiger partial charge on any atom is 0.175 e. The van der Waals surface area contributed by atoms with Crippen LogP contribution in [0.25, 0.3) is 0 Å². The van der Waals surface area contributed by atoms with Gasteiger partial charge in [0.2, 0.25) is 0 Å². The van der Waals surface area contributed by atoms with E-state index < -0.39 is 5.82 Å². The number of hydrogen-bond acceptors (Lipinski definition) is 2. The molecule has 0 aliphatic heterocycles. The molecule has 0 fully saturated rings. The average Bonchev–Trinajstić information content (AvgIpc) is 2.18. The van der Waals surface area contributed by atoms with E-state index in [-0.39, 0.29) is 11.3 Å². The molecule has 0 spiro atoms. The molecule has 1 rings (SSSR count). The van der Waals surface area contributed by atoms with Crippen molar-refractivity contribution in [2.75, 3.05) is 11.5 Å². The molecule has 1 nitrogen and oxygen atoms in total. The molecule has 0 aromatic heterocycles. The summed E-state index contributed by atoms with van der Waals surface area (Å²) >= 11 is 4.54. The fourth-order valence-corrected chi connectivity index (χ4v) is 1.90. The Morgan fingerprint density at radius 3 is 2.93 bits per heavy atom. The Morgan fingerprint density at radius 2 is 2.29 bits per heavy atom. The third-order valence-corrected chi connectivity index (χ3v) is 3.18. The van der Waals surface area contributed by atoms with E-state index in [1.807, 2.05) is 6.92 Å². The Bertz CT molecular complexity index is 341. The molecule has 0 saturated carbocycles. The van der Waals surface area contributed by atoms with Gasteiger partial charge in [-0.05, 0) is 33.8 Å². The quantitative estimate of drug-likeness (QED) is 0.783. The van der Waals surface area contributed by atoms with Gasteiger partial charge in [-0.15, -0.1) is 0 Å². The standard InChI is InChI=1S/C10H10BrFOS/c1-2-14-6-9(13)7-4-3-5-8(11)10(7)12/h3-5H,2,6H2,1H3. The molecular weight excluding hydrogens is 267 g/mol. The van der Waals surface area contributed by atoms with E-state index in [1.165, 1.54) is 17.8 Å². The fourth-order valence-electron chi connectivity index (χ4n) is 0.992. The lowest BCUT2D eigenvalue weighted by atomic mass is 10.1. The molecule has 4 heteroatoms.